The summed E-state index contributed by atoms with van der Waals surface area (Å²) < 4.78 is 0. The van der Waals surface area contributed by atoms with Crippen LogP contribution < -0.4 is 5.32 Å². The number of hydrogen-bond acceptors (Lipinski definition) is 3. The molecule has 1 rings (SSSR count). The molecule has 1 aromatic carbocycles. The normalized spacial score (nSPS) is 11.8. The van der Waals surface area contributed by atoms with E-state index >= 15 is 0 Å². The molecule has 0 saturated carbocycles. The van der Waals surface area contributed by atoms with Crippen LogP contribution in [0.1, 0.15) is 95.6 Å². The number of carboxylic acid groups (broad SMARTS) is 1. The zero-order valence-electron chi connectivity index (χ0n) is 17.1. The van der Waals surface area contributed by atoms with Crippen LogP contribution in [-0.2, 0) is 14.4 Å². The number of rotatable bonds is 16. The maximum Gasteiger partial charge on any atom is 0.330 e. The first kappa shape index (κ1) is 23.9. The molecule has 2 N–H and O–H groups in total. The molecule has 5 heteroatoms. The van der Waals surface area contributed by atoms with E-state index in [1.165, 1.54) is 38.5 Å². The fourth-order valence-corrected chi connectivity index (χ4v) is 3.18. The van der Waals surface area contributed by atoms with Gasteiger partial charge in [0.1, 0.15) is 5.78 Å². The van der Waals surface area contributed by atoms with Crippen molar-refractivity contribution in [2.45, 2.75) is 90.0 Å². The van der Waals surface area contributed by atoms with Gasteiger partial charge in [-0.2, -0.15) is 0 Å². The van der Waals surface area contributed by atoms with E-state index in [-0.39, 0.29) is 18.6 Å². The van der Waals surface area contributed by atoms with Crippen LogP contribution >= 0.6 is 0 Å². The zero-order valence-corrected chi connectivity index (χ0v) is 17.1. The quantitative estimate of drug-likeness (QED) is 0.381. The molecule has 0 fully saturated rings. The van der Waals surface area contributed by atoms with Crippen LogP contribution in [0, 0.1) is 0 Å². The van der Waals surface area contributed by atoms with Gasteiger partial charge in [-0.15, -0.1) is 0 Å². The number of benzene rings is 1. The average Bonchev–Trinajstić information content (AvgIpc) is 2.69. The van der Waals surface area contributed by atoms with Gasteiger partial charge in [0.25, 0.3) is 0 Å². The second kappa shape index (κ2) is 14.8. The predicted octanol–water partition coefficient (Wildman–Crippen LogP) is 5.20. The third kappa shape index (κ3) is 10.9. The Balaban J connectivity index is 2.15. The third-order valence-electron chi connectivity index (χ3n) is 4.88. The monoisotopic (exact) mass is 389 g/mol. The van der Waals surface area contributed by atoms with Crippen molar-refractivity contribution in [3.63, 3.8) is 0 Å². The summed E-state index contributed by atoms with van der Waals surface area (Å²) in [6.45, 7) is 2.22. The van der Waals surface area contributed by atoms with Gasteiger partial charge in [0.15, 0.2) is 6.04 Å². The first-order valence-corrected chi connectivity index (χ1v) is 10.6. The molecule has 0 bridgehead atoms. The third-order valence-corrected chi connectivity index (χ3v) is 4.88. The highest BCUT2D eigenvalue weighted by Gasteiger charge is 2.21. The molecule has 1 atom stereocenters. The highest BCUT2D eigenvalue weighted by Crippen LogP contribution is 2.14. The topological polar surface area (TPSA) is 83.5 Å². The van der Waals surface area contributed by atoms with Crippen LogP contribution in [0.3, 0.4) is 0 Å². The molecule has 28 heavy (non-hydrogen) atoms. The van der Waals surface area contributed by atoms with Gasteiger partial charge in [0, 0.05) is 19.3 Å². The van der Waals surface area contributed by atoms with Crippen molar-refractivity contribution in [2.24, 2.45) is 0 Å². The SMILES string of the molecule is CCCCCCCCCCCC(=O)CCC(=O)N[C@H](C(=O)O)c1ccccc1. The molecular formula is C23H35NO4. The molecule has 0 aromatic heterocycles. The number of aliphatic carboxylic acids is 1. The van der Waals surface area contributed by atoms with Crippen molar-refractivity contribution in [1.82, 2.24) is 5.32 Å². The Morgan fingerprint density at radius 3 is 1.96 bits per heavy atom. The van der Waals surface area contributed by atoms with Crippen molar-refractivity contribution in [2.75, 3.05) is 0 Å². The summed E-state index contributed by atoms with van der Waals surface area (Å²) in [5, 5.41) is 11.8. The van der Waals surface area contributed by atoms with Crippen LogP contribution in [0.2, 0.25) is 0 Å². The lowest BCUT2D eigenvalue weighted by molar-refractivity contribution is -0.142. The first-order chi connectivity index (χ1) is 13.5. The first-order valence-electron chi connectivity index (χ1n) is 10.6. The number of carboxylic acids is 1. The standard InChI is InChI=1S/C23H35NO4/c1-2-3-4-5-6-7-8-9-13-16-20(25)17-18-21(26)24-22(23(27)28)19-14-11-10-12-15-19/h10-12,14-15,22H,2-9,13,16-18H2,1H3,(H,24,26)(H,27,28)/t22-/m0/s1. The molecule has 1 amide bonds. The Labute approximate surface area is 168 Å². The Morgan fingerprint density at radius 2 is 1.39 bits per heavy atom. The van der Waals surface area contributed by atoms with Crippen molar-refractivity contribution in [1.29, 1.82) is 0 Å². The van der Waals surface area contributed by atoms with E-state index in [2.05, 4.69) is 12.2 Å². The van der Waals surface area contributed by atoms with Gasteiger partial charge in [0.2, 0.25) is 5.91 Å². The second-order valence-corrected chi connectivity index (χ2v) is 7.37. The summed E-state index contributed by atoms with van der Waals surface area (Å²) in [7, 11) is 0. The highest BCUT2D eigenvalue weighted by atomic mass is 16.4. The van der Waals surface area contributed by atoms with Crippen LogP contribution in [-0.4, -0.2) is 22.8 Å². The molecule has 156 valence electrons. The van der Waals surface area contributed by atoms with E-state index in [9.17, 15) is 19.5 Å². The molecule has 0 saturated heterocycles. The second-order valence-electron chi connectivity index (χ2n) is 7.37. The van der Waals surface area contributed by atoms with Crippen molar-refractivity contribution in [3.8, 4) is 0 Å². The van der Waals surface area contributed by atoms with E-state index in [0.717, 1.165) is 19.3 Å². The summed E-state index contributed by atoms with van der Waals surface area (Å²) >= 11 is 0. The Kier molecular flexibility index (Phi) is 12.6. The van der Waals surface area contributed by atoms with E-state index in [4.69, 9.17) is 0 Å². The van der Waals surface area contributed by atoms with Crippen molar-refractivity contribution < 1.29 is 19.5 Å². The molecule has 0 aliphatic carbocycles. The molecular weight excluding hydrogens is 354 g/mol. The Hall–Kier alpha value is -2.17. The molecule has 0 heterocycles. The van der Waals surface area contributed by atoms with Gasteiger partial charge >= 0.3 is 5.97 Å². The summed E-state index contributed by atoms with van der Waals surface area (Å²) in [6.07, 6.45) is 11.5. The minimum atomic E-state index is -1.11. The lowest BCUT2D eigenvalue weighted by atomic mass is 10.0. The van der Waals surface area contributed by atoms with Crippen LogP contribution in [0.4, 0.5) is 0 Å². The molecule has 0 spiro atoms. The number of nitrogens with one attached hydrogen (secondary N) is 1. The van der Waals surface area contributed by atoms with E-state index in [1.54, 1.807) is 30.3 Å². The fraction of sp³-hybridized carbons (Fsp3) is 0.609. The summed E-state index contributed by atoms with van der Waals surface area (Å²) in [5.41, 5.74) is 0.518. The van der Waals surface area contributed by atoms with Gasteiger partial charge in [-0.05, 0) is 12.0 Å². The van der Waals surface area contributed by atoms with Crippen LogP contribution in [0.5, 0.6) is 0 Å². The highest BCUT2D eigenvalue weighted by molar-refractivity contribution is 5.88. The van der Waals surface area contributed by atoms with E-state index in [0.29, 0.717) is 12.0 Å². The molecule has 0 unspecified atom stereocenters. The molecule has 5 nitrogen and oxygen atoms in total. The number of Topliss-reactive ketones (excluding diaryl/α,β-unsaturated/α-hetero) is 1. The number of ketones is 1. The molecule has 0 aliphatic rings. The number of carbonyl (C=O) groups is 3. The molecule has 1 aromatic rings. The zero-order chi connectivity index (χ0) is 20.6. The minimum absolute atomic E-state index is 0.0346. The van der Waals surface area contributed by atoms with E-state index < -0.39 is 17.9 Å². The predicted molar refractivity (Wildman–Crippen MR) is 111 cm³/mol. The fourth-order valence-electron chi connectivity index (χ4n) is 3.18. The number of unbranched alkanes of at least 4 members (excludes halogenated alkanes) is 8. The maximum atomic E-state index is 12.0. The van der Waals surface area contributed by atoms with Gasteiger partial charge in [-0.1, -0.05) is 88.6 Å². The number of carbonyl (C=O) groups excluding carboxylic acids is 2. The lowest BCUT2D eigenvalue weighted by Crippen LogP contribution is -2.33. The summed E-state index contributed by atoms with van der Waals surface area (Å²) in [6, 6.07) is 7.48. The number of amides is 1. The smallest absolute Gasteiger partial charge is 0.330 e. The maximum absolute atomic E-state index is 12.0. The summed E-state index contributed by atoms with van der Waals surface area (Å²) in [5.74, 6) is -1.44. The van der Waals surface area contributed by atoms with Gasteiger partial charge < -0.3 is 10.4 Å². The Morgan fingerprint density at radius 1 is 0.821 bits per heavy atom. The Bertz CT molecular complexity index is 586. The van der Waals surface area contributed by atoms with Gasteiger partial charge in [-0.25, -0.2) is 4.79 Å². The van der Waals surface area contributed by atoms with Crippen molar-refractivity contribution in [3.05, 3.63) is 35.9 Å². The average molecular weight is 390 g/mol. The van der Waals surface area contributed by atoms with Gasteiger partial charge in [-0.3, -0.25) is 9.59 Å². The minimum Gasteiger partial charge on any atom is -0.479 e. The lowest BCUT2D eigenvalue weighted by Gasteiger charge is -2.14. The summed E-state index contributed by atoms with van der Waals surface area (Å²) in [4.78, 5) is 35.4. The molecule has 0 radical (unpaired) electrons. The van der Waals surface area contributed by atoms with Gasteiger partial charge in [0.05, 0.1) is 0 Å². The van der Waals surface area contributed by atoms with E-state index in [1.807, 2.05) is 0 Å². The van der Waals surface area contributed by atoms with Crippen LogP contribution in [0.25, 0.3) is 0 Å². The number of hydrogen-bond donors (Lipinski definition) is 2. The van der Waals surface area contributed by atoms with Crippen LogP contribution in [0.15, 0.2) is 30.3 Å². The molecule has 0 aliphatic heterocycles. The van der Waals surface area contributed by atoms with Crippen molar-refractivity contribution >= 4 is 17.7 Å². The largest absolute Gasteiger partial charge is 0.479 e.